The summed E-state index contributed by atoms with van der Waals surface area (Å²) < 4.78 is 10.9. The SMILES string of the molecule is C=CN(/N=C\N(C)c1ccc(N2CCN(c3ccc(=O)[nH]c3)CC2)cc1)C(CC)CC.CC.CCl.C[C@@H]1COC(c2ccc(Cl)cc2)O1.c1c[nH]cn1. The van der Waals surface area contributed by atoms with E-state index in [0.29, 0.717) is 12.6 Å². The van der Waals surface area contributed by atoms with Crippen molar-refractivity contribution in [1.82, 2.24) is 20.0 Å². The van der Waals surface area contributed by atoms with Crippen molar-refractivity contribution in [2.75, 3.05) is 60.9 Å². The van der Waals surface area contributed by atoms with Crippen LogP contribution in [0.2, 0.25) is 5.02 Å². The van der Waals surface area contributed by atoms with E-state index in [-0.39, 0.29) is 18.0 Å². The molecule has 0 radical (unpaired) electrons. The van der Waals surface area contributed by atoms with Gasteiger partial charge in [-0.2, -0.15) is 5.10 Å². The molecule has 2 aliphatic heterocycles. The van der Waals surface area contributed by atoms with Crippen molar-refractivity contribution in [2.24, 2.45) is 5.10 Å². The largest absolute Gasteiger partial charge is 0.368 e. The van der Waals surface area contributed by atoms with E-state index < -0.39 is 0 Å². The Morgan fingerprint density at radius 3 is 2.04 bits per heavy atom. The highest BCUT2D eigenvalue weighted by Crippen LogP contribution is 2.27. The number of hydrazone groups is 1. The lowest BCUT2D eigenvalue weighted by atomic mass is 10.2. The molecule has 0 spiro atoms. The number of piperazine rings is 1. The number of alkyl halides is 1. The molecule has 2 fully saturated rings. The lowest BCUT2D eigenvalue weighted by molar-refractivity contribution is -0.0572. The van der Waals surface area contributed by atoms with Crippen LogP contribution in [0.15, 0.2) is 108 Å². The number of nitrogens with zero attached hydrogens (tertiary/aromatic N) is 6. The fraction of sp³-hybridized carbons (Fsp3) is 0.425. The van der Waals surface area contributed by atoms with Crippen molar-refractivity contribution in [1.29, 1.82) is 0 Å². The molecule has 1 unspecified atom stereocenters. The van der Waals surface area contributed by atoms with E-state index in [0.717, 1.165) is 61.0 Å². The first-order chi connectivity index (χ1) is 25.8. The summed E-state index contributed by atoms with van der Waals surface area (Å²) in [5.74, 6) is 0. The Bertz CT molecular complexity index is 1550. The summed E-state index contributed by atoms with van der Waals surface area (Å²) in [6, 6.07) is 20.0. The molecule has 0 bridgehead atoms. The summed E-state index contributed by atoms with van der Waals surface area (Å²) in [7, 11) is 2.01. The van der Waals surface area contributed by atoms with Gasteiger partial charge in [-0.15, -0.1) is 11.6 Å². The van der Waals surface area contributed by atoms with E-state index in [1.807, 2.05) is 74.4 Å². The van der Waals surface area contributed by atoms with Crippen LogP contribution in [0.25, 0.3) is 0 Å². The number of hydrogen-bond acceptors (Lipinski definition) is 8. The Kier molecular flexibility index (Phi) is 21.7. The molecule has 6 rings (SSSR count). The van der Waals surface area contributed by atoms with Gasteiger partial charge in [-0.25, -0.2) is 4.98 Å². The van der Waals surface area contributed by atoms with Gasteiger partial charge in [0.05, 0.1) is 30.8 Å². The summed E-state index contributed by atoms with van der Waals surface area (Å²) in [5.41, 5.74) is 4.34. The fourth-order valence-electron chi connectivity index (χ4n) is 5.40. The molecule has 2 aromatic heterocycles. The van der Waals surface area contributed by atoms with E-state index in [1.165, 1.54) is 12.1 Å². The van der Waals surface area contributed by atoms with Gasteiger partial charge in [-0.3, -0.25) is 9.80 Å². The number of imidazole rings is 1. The number of nitrogens with one attached hydrogen (secondary N) is 2. The van der Waals surface area contributed by atoms with Gasteiger partial charge in [0.25, 0.3) is 0 Å². The van der Waals surface area contributed by atoms with Gasteiger partial charge in [0.15, 0.2) is 6.29 Å². The summed E-state index contributed by atoms with van der Waals surface area (Å²) in [4.78, 5) is 27.2. The van der Waals surface area contributed by atoms with Crippen LogP contribution >= 0.6 is 23.2 Å². The average Bonchev–Trinajstić information content (AvgIpc) is 3.95. The molecule has 11 nitrogen and oxygen atoms in total. The molecule has 2 saturated heterocycles. The number of hydrogen-bond donors (Lipinski definition) is 2. The minimum Gasteiger partial charge on any atom is -0.368 e. The van der Waals surface area contributed by atoms with E-state index in [1.54, 1.807) is 37.2 Å². The smallest absolute Gasteiger partial charge is 0.248 e. The van der Waals surface area contributed by atoms with Crippen LogP contribution in [0.5, 0.6) is 0 Å². The Labute approximate surface area is 326 Å². The molecule has 2 aromatic carbocycles. The van der Waals surface area contributed by atoms with Crippen LogP contribution in [0.3, 0.4) is 0 Å². The van der Waals surface area contributed by atoms with Crippen LogP contribution in [0, 0.1) is 0 Å². The summed E-state index contributed by atoms with van der Waals surface area (Å²) in [6.07, 6.45) is 14.0. The number of pyridine rings is 1. The molecule has 2 N–H and O–H groups in total. The third-order valence-electron chi connectivity index (χ3n) is 8.28. The first-order valence-corrected chi connectivity index (χ1v) is 19.2. The topological polar surface area (TPSA) is 105 Å². The van der Waals surface area contributed by atoms with Crippen LogP contribution in [-0.4, -0.2) is 84.7 Å². The molecule has 4 heterocycles. The van der Waals surface area contributed by atoms with Gasteiger partial charge in [-0.1, -0.05) is 58.0 Å². The number of aromatic nitrogens is 3. The number of ether oxygens (including phenoxy) is 2. The van der Waals surface area contributed by atoms with Crippen molar-refractivity contribution >= 4 is 46.6 Å². The van der Waals surface area contributed by atoms with Gasteiger partial charge in [0.2, 0.25) is 5.56 Å². The Hall–Kier alpha value is -4.29. The maximum Gasteiger partial charge on any atom is 0.248 e. The molecule has 4 aromatic rings. The zero-order valence-electron chi connectivity index (χ0n) is 32.3. The van der Waals surface area contributed by atoms with Crippen LogP contribution in [0.4, 0.5) is 17.1 Å². The highest BCUT2D eigenvalue weighted by molar-refractivity contribution is 6.30. The van der Waals surface area contributed by atoms with Crippen LogP contribution in [-0.2, 0) is 9.47 Å². The lowest BCUT2D eigenvalue weighted by Crippen LogP contribution is -2.46. The average molecular weight is 770 g/mol. The lowest BCUT2D eigenvalue weighted by Gasteiger charge is -2.37. The van der Waals surface area contributed by atoms with Crippen molar-refractivity contribution in [3.63, 3.8) is 0 Å². The molecular weight excluding hydrogens is 711 g/mol. The number of aromatic amines is 2. The van der Waals surface area contributed by atoms with Crippen molar-refractivity contribution in [2.45, 2.75) is 65.9 Å². The number of rotatable bonds is 10. The molecule has 0 aliphatic carbocycles. The van der Waals surface area contributed by atoms with E-state index in [9.17, 15) is 4.79 Å². The van der Waals surface area contributed by atoms with E-state index in [2.05, 4.69) is 86.1 Å². The Balaban J connectivity index is 0.000000359. The molecule has 290 valence electrons. The highest BCUT2D eigenvalue weighted by Gasteiger charge is 2.23. The maximum atomic E-state index is 11.3. The van der Waals surface area contributed by atoms with Gasteiger partial charge in [0, 0.05) is 92.4 Å². The highest BCUT2D eigenvalue weighted by atomic mass is 35.5. The van der Waals surface area contributed by atoms with Crippen molar-refractivity contribution in [3.8, 4) is 0 Å². The fourth-order valence-corrected chi connectivity index (χ4v) is 5.53. The molecule has 2 atom stereocenters. The molecule has 0 saturated carbocycles. The zero-order valence-corrected chi connectivity index (χ0v) is 33.8. The Morgan fingerprint density at radius 1 is 0.981 bits per heavy atom. The number of anilines is 3. The quantitative estimate of drug-likeness (QED) is 0.0715. The monoisotopic (exact) mass is 768 g/mol. The Morgan fingerprint density at radius 2 is 1.58 bits per heavy atom. The minimum absolute atomic E-state index is 0.0646. The summed E-state index contributed by atoms with van der Waals surface area (Å²) in [5, 5.41) is 7.26. The molecular formula is C40H58Cl2N8O3. The summed E-state index contributed by atoms with van der Waals surface area (Å²) in [6.45, 7) is 18.6. The van der Waals surface area contributed by atoms with E-state index >= 15 is 0 Å². The van der Waals surface area contributed by atoms with Crippen LogP contribution < -0.4 is 20.3 Å². The predicted octanol–water partition coefficient (Wildman–Crippen LogP) is 8.78. The molecule has 2 aliphatic rings. The zero-order chi connectivity index (χ0) is 39.0. The predicted molar refractivity (Wildman–Crippen MR) is 224 cm³/mol. The minimum atomic E-state index is -0.215. The first-order valence-electron chi connectivity index (χ1n) is 18.1. The second-order valence-electron chi connectivity index (χ2n) is 11.7. The number of H-pyrrole nitrogens is 2. The van der Waals surface area contributed by atoms with Crippen molar-refractivity contribution in [3.05, 3.63) is 119 Å². The first kappa shape index (κ1) is 44.9. The van der Waals surface area contributed by atoms with Crippen LogP contribution in [0.1, 0.15) is 59.3 Å². The van der Waals surface area contributed by atoms with Gasteiger partial charge in [0.1, 0.15) is 6.34 Å². The number of benzene rings is 2. The van der Waals surface area contributed by atoms with Gasteiger partial charge in [-0.05, 0) is 62.2 Å². The third kappa shape index (κ3) is 15.3. The van der Waals surface area contributed by atoms with Gasteiger partial charge >= 0.3 is 0 Å². The molecule has 0 amide bonds. The third-order valence-corrected chi connectivity index (χ3v) is 8.53. The maximum absolute atomic E-state index is 11.3. The van der Waals surface area contributed by atoms with E-state index in [4.69, 9.17) is 21.1 Å². The summed E-state index contributed by atoms with van der Waals surface area (Å²) >= 11 is 10.4. The van der Waals surface area contributed by atoms with Gasteiger partial charge < -0.3 is 34.1 Å². The molecule has 53 heavy (non-hydrogen) atoms. The second kappa shape index (κ2) is 25.6. The normalized spacial score (nSPS) is 16.2. The molecule has 13 heteroatoms. The van der Waals surface area contributed by atoms with Crippen molar-refractivity contribution < 1.29 is 9.47 Å². The second-order valence-corrected chi connectivity index (χ2v) is 12.1. The number of halogens is 2. The standard InChI is InChI=1S/C24H34N6O.C10H11ClO2.C3H4N2.C2H6.CH3Cl/c1-5-20(6-2)30(7-3)26-19-27(4)21-8-10-22(11-9-21)28-14-16-29(17-15-28)23-12-13-24(31)25-18-23;1-7-6-12-10(13-7)8-2-4-9(11)5-3-8;1-2-5-3-4-1;2*1-2/h7-13,18-20H,3,5-6,14-17H2,1-2,4H3,(H,25,31);2-5,7,10H,6H2,1H3;1-3H,(H,4,5);1-2H3;1H3/b26-19-;;;;/t;7-,10?;;;/m.1.../s1.